The van der Waals surface area contributed by atoms with Crippen molar-refractivity contribution in [3.05, 3.63) is 29.3 Å². The number of urea groups is 1. The average Bonchev–Trinajstić information content (AvgIpc) is 3.28. The molecule has 2 aliphatic carbocycles. The molecular formula is C25H38N4O4S. The van der Waals surface area contributed by atoms with Gasteiger partial charge in [0, 0.05) is 44.3 Å². The maximum atomic E-state index is 13.5. The van der Waals surface area contributed by atoms with Gasteiger partial charge in [-0.15, -0.1) is 0 Å². The van der Waals surface area contributed by atoms with Gasteiger partial charge < -0.3 is 15.5 Å². The van der Waals surface area contributed by atoms with Crippen LogP contribution in [0.1, 0.15) is 62.9 Å². The van der Waals surface area contributed by atoms with E-state index in [1.165, 1.54) is 16.8 Å². The van der Waals surface area contributed by atoms with E-state index in [4.69, 9.17) is 0 Å². The van der Waals surface area contributed by atoms with Crippen LogP contribution in [0.5, 0.6) is 0 Å². The maximum absolute atomic E-state index is 13.5. The Morgan fingerprint density at radius 3 is 2.38 bits per heavy atom. The molecular weight excluding hydrogens is 452 g/mol. The summed E-state index contributed by atoms with van der Waals surface area (Å²) in [5, 5.41) is 6.02. The van der Waals surface area contributed by atoms with Crippen LogP contribution >= 0.6 is 0 Å². The SMILES string of the molecule is CCNC(=O)N1CCN(S(=O)(=O)c2cc(C(=O)NC3C4(C)CCC(C4)C3(C)C)ccc2C)CC1. The highest BCUT2D eigenvalue weighted by Crippen LogP contribution is 2.62. The smallest absolute Gasteiger partial charge is 0.317 e. The largest absolute Gasteiger partial charge is 0.348 e. The second-order valence-corrected chi connectivity index (χ2v) is 12.9. The summed E-state index contributed by atoms with van der Waals surface area (Å²) in [6.45, 7) is 12.0. The van der Waals surface area contributed by atoms with Gasteiger partial charge in [-0.3, -0.25) is 4.79 Å². The maximum Gasteiger partial charge on any atom is 0.317 e. The van der Waals surface area contributed by atoms with Gasteiger partial charge in [0.15, 0.2) is 0 Å². The van der Waals surface area contributed by atoms with Crippen LogP contribution in [0.15, 0.2) is 23.1 Å². The number of piperazine rings is 1. The molecule has 2 saturated carbocycles. The molecule has 0 aromatic heterocycles. The van der Waals surface area contributed by atoms with Crippen LogP contribution < -0.4 is 10.6 Å². The lowest BCUT2D eigenvalue weighted by Crippen LogP contribution is -2.53. The van der Waals surface area contributed by atoms with Crippen LogP contribution in [0.25, 0.3) is 0 Å². The lowest BCUT2D eigenvalue weighted by molar-refractivity contribution is 0.0737. The molecule has 3 aliphatic rings. The summed E-state index contributed by atoms with van der Waals surface area (Å²) in [6, 6.07) is 4.82. The van der Waals surface area contributed by atoms with Crippen LogP contribution in [0, 0.1) is 23.7 Å². The first kappa shape index (κ1) is 25.0. The number of amides is 3. The second-order valence-electron chi connectivity index (χ2n) is 11.0. The number of aryl methyl sites for hydroxylation is 1. The zero-order valence-electron chi connectivity index (χ0n) is 21.0. The molecule has 1 aliphatic heterocycles. The summed E-state index contributed by atoms with van der Waals surface area (Å²) in [6.07, 6.45) is 3.44. The molecule has 8 nitrogen and oxygen atoms in total. The first-order valence-corrected chi connectivity index (χ1v) is 13.8. The van der Waals surface area contributed by atoms with Crippen molar-refractivity contribution in [3.8, 4) is 0 Å². The van der Waals surface area contributed by atoms with E-state index in [2.05, 4.69) is 31.4 Å². The number of fused-ring (bicyclic) bond motifs is 2. The van der Waals surface area contributed by atoms with Crippen molar-refractivity contribution in [1.29, 1.82) is 0 Å². The molecule has 3 amide bonds. The Balaban J connectivity index is 1.51. The minimum Gasteiger partial charge on any atom is -0.348 e. The zero-order chi connectivity index (χ0) is 24.9. The van der Waals surface area contributed by atoms with E-state index in [1.807, 2.05) is 6.92 Å². The molecule has 2 N–H and O–H groups in total. The lowest BCUT2D eigenvalue weighted by Gasteiger charge is -2.43. The monoisotopic (exact) mass is 490 g/mol. The van der Waals surface area contributed by atoms with E-state index < -0.39 is 10.0 Å². The van der Waals surface area contributed by atoms with Crippen molar-refractivity contribution in [3.63, 3.8) is 0 Å². The molecule has 9 heteroatoms. The second kappa shape index (κ2) is 8.82. The molecule has 1 aromatic rings. The Kier molecular flexibility index (Phi) is 6.48. The molecule has 1 heterocycles. The molecule has 3 unspecified atom stereocenters. The Bertz CT molecular complexity index is 1070. The number of sulfonamides is 1. The third-order valence-corrected chi connectivity index (χ3v) is 10.5. The Labute approximate surface area is 203 Å². The molecule has 2 bridgehead atoms. The molecule has 3 atom stereocenters. The van der Waals surface area contributed by atoms with Crippen LogP contribution in [0.3, 0.4) is 0 Å². The molecule has 0 spiro atoms. The molecule has 0 radical (unpaired) electrons. The first-order valence-electron chi connectivity index (χ1n) is 12.3. The van der Waals surface area contributed by atoms with Crippen molar-refractivity contribution in [2.75, 3.05) is 32.7 Å². The van der Waals surface area contributed by atoms with Crippen molar-refractivity contribution in [1.82, 2.24) is 19.8 Å². The normalized spacial score (nSPS) is 28.7. The van der Waals surface area contributed by atoms with Gasteiger partial charge in [-0.2, -0.15) is 4.31 Å². The molecule has 3 fully saturated rings. The highest BCUT2D eigenvalue weighted by molar-refractivity contribution is 7.89. The van der Waals surface area contributed by atoms with Crippen LogP contribution in [0.2, 0.25) is 0 Å². The fourth-order valence-electron chi connectivity index (χ4n) is 6.43. The summed E-state index contributed by atoms with van der Waals surface area (Å²) < 4.78 is 28.3. The van der Waals surface area contributed by atoms with Crippen molar-refractivity contribution < 1.29 is 18.0 Å². The highest BCUT2D eigenvalue weighted by Gasteiger charge is 2.59. The fourth-order valence-corrected chi connectivity index (χ4v) is 8.10. The lowest BCUT2D eigenvalue weighted by atomic mass is 9.68. The molecule has 1 saturated heterocycles. The Morgan fingerprint density at radius 1 is 1.12 bits per heavy atom. The van der Waals surface area contributed by atoms with E-state index >= 15 is 0 Å². The van der Waals surface area contributed by atoms with Crippen molar-refractivity contribution >= 4 is 22.0 Å². The topological polar surface area (TPSA) is 98.8 Å². The summed E-state index contributed by atoms with van der Waals surface area (Å²) in [5.74, 6) is 0.388. The fraction of sp³-hybridized carbons (Fsp3) is 0.680. The van der Waals surface area contributed by atoms with Gasteiger partial charge in [-0.05, 0) is 67.6 Å². The van der Waals surface area contributed by atoms with Crippen LogP contribution in [-0.4, -0.2) is 68.3 Å². The van der Waals surface area contributed by atoms with Crippen LogP contribution in [0.4, 0.5) is 4.79 Å². The third-order valence-electron chi connectivity index (χ3n) is 8.47. The number of benzene rings is 1. The van der Waals surface area contributed by atoms with Gasteiger partial charge in [0.25, 0.3) is 5.91 Å². The van der Waals surface area contributed by atoms with Gasteiger partial charge >= 0.3 is 6.03 Å². The van der Waals surface area contributed by atoms with E-state index in [9.17, 15) is 18.0 Å². The van der Waals surface area contributed by atoms with Crippen LogP contribution in [-0.2, 0) is 10.0 Å². The summed E-state index contributed by atoms with van der Waals surface area (Å²) >= 11 is 0. The predicted octanol–water partition coefficient (Wildman–Crippen LogP) is 2.98. The highest BCUT2D eigenvalue weighted by atomic mass is 32.2. The summed E-state index contributed by atoms with van der Waals surface area (Å²) in [5.41, 5.74) is 1.08. The molecule has 34 heavy (non-hydrogen) atoms. The molecule has 1 aromatic carbocycles. The molecule has 4 rings (SSSR count). The standard InChI is InChI=1S/C25H38N4O4S/c1-6-26-23(31)28-11-13-29(14-12-28)34(32,33)20-15-18(8-7-17(20)2)21(30)27-22-24(3,4)19-9-10-25(22,5)16-19/h7-8,15,19,22H,6,9-14,16H2,1-5H3,(H,26,31)(H,27,30). The van der Waals surface area contributed by atoms with E-state index in [0.717, 1.165) is 12.8 Å². The molecule has 188 valence electrons. The minimum absolute atomic E-state index is 0.0198. The van der Waals surface area contributed by atoms with E-state index in [-0.39, 0.29) is 46.8 Å². The number of hydrogen-bond donors (Lipinski definition) is 2. The van der Waals surface area contributed by atoms with Crippen molar-refractivity contribution in [2.24, 2.45) is 16.7 Å². The minimum atomic E-state index is -3.79. The van der Waals surface area contributed by atoms with Gasteiger partial charge in [0.2, 0.25) is 10.0 Å². The summed E-state index contributed by atoms with van der Waals surface area (Å²) in [4.78, 5) is 27.1. The van der Waals surface area contributed by atoms with Gasteiger partial charge in [0.05, 0.1) is 4.90 Å². The zero-order valence-corrected chi connectivity index (χ0v) is 21.8. The van der Waals surface area contributed by atoms with Gasteiger partial charge in [-0.1, -0.05) is 26.8 Å². The quantitative estimate of drug-likeness (QED) is 0.663. The predicted molar refractivity (Wildman–Crippen MR) is 131 cm³/mol. The summed E-state index contributed by atoms with van der Waals surface area (Å²) in [7, 11) is -3.79. The Hall–Kier alpha value is -2.13. The van der Waals surface area contributed by atoms with Crippen molar-refractivity contribution in [2.45, 2.75) is 64.8 Å². The van der Waals surface area contributed by atoms with Gasteiger partial charge in [0.1, 0.15) is 0 Å². The number of carbonyl (C=O) groups excluding carboxylic acids is 2. The van der Waals surface area contributed by atoms with E-state index in [0.29, 0.717) is 36.7 Å². The number of nitrogens with zero attached hydrogens (tertiary/aromatic N) is 2. The van der Waals surface area contributed by atoms with E-state index in [1.54, 1.807) is 24.0 Å². The Morgan fingerprint density at radius 2 is 1.79 bits per heavy atom. The number of carbonyl (C=O) groups is 2. The number of rotatable bonds is 5. The average molecular weight is 491 g/mol. The van der Waals surface area contributed by atoms with Gasteiger partial charge in [-0.25, -0.2) is 13.2 Å². The third kappa shape index (κ3) is 4.21. The number of nitrogens with one attached hydrogen (secondary N) is 2. The number of hydrogen-bond acceptors (Lipinski definition) is 4. The first-order chi connectivity index (χ1) is 15.9.